The second kappa shape index (κ2) is 8.60. The maximum Gasteiger partial charge on any atom is 0.258 e. The zero-order valence-corrected chi connectivity index (χ0v) is 18.2. The monoisotopic (exact) mass is 442 g/mol. The molecule has 2 aromatic rings. The number of anilines is 1. The van der Waals surface area contributed by atoms with E-state index in [0.717, 1.165) is 24.5 Å². The number of carbonyl (C=O) groups excluding carboxylic acids is 1. The number of nitrogens with zero attached hydrogens (tertiary/aromatic N) is 1. The number of halogens is 1. The number of hydrogen-bond donors (Lipinski definition) is 1. The molecule has 1 N–H and O–H groups in total. The Balaban J connectivity index is 2.45. The summed E-state index contributed by atoms with van der Waals surface area (Å²) in [4.78, 5) is 12.4. The summed E-state index contributed by atoms with van der Waals surface area (Å²) in [7, 11) is -7.38. The van der Waals surface area contributed by atoms with Crippen LogP contribution in [0.5, 0.6) is 0 Å². The predicted octanol–water partition coefficient (Wildman–Crippen LogP) is 2.82. The zero-order valence-electron chi connectivity index (χ0n) is 16.6. The quantitative estimate of drug-likeness (QED) is 0.711. The van der Waals surface area contributed by atoms with E-state index < -0.39 is 37.1 Å². The van der Waals surface area contributed by atoms with Gasteiger partial charge in [-0.25, -0.2) is 21.2 Å². The Labute approximate surface area is 170 Å². The summed E-state index contributed by atoms with van der Waals surface area (Å²) in [5.74, 6) is -1.77. The fraction of sp³-hybridized carbons (Fsp3) is 0.316. The first-order valence-corrected chi connectivity index (χ1v) is 12.2. The van der Waals surface area contributed by atoms with Crippen LogP contribution in [-0.2, 0) is 19.9 Å². The van der Waals surface area contributed by atoms with Gasteiger partial charge in [-0.3, -0.25) is 4.79 Å². The van der Waals surface area contributed by atoms with Crippen LogP contribution in [0.3, 0.4) is 0 Å². The van der Waals surface area contributed by atoms with Gasteiger partial charge in [-0.15, -0.1) is 0 Å². The second-order valence-electron chi connectivity index (χ2n) is 6.43. The molecule has 0 aromatic heterocycles. The van der Waals surface area contributed by atoms with Crippen molar-refractivity contribution in [1.82, 2.24) is 4.31 Å². The maximum absolute atomic E-state index is 14.3. The third-order valence-electron chi connectivity index (χ3n) is 4.41. The molecule has 0 aliphatic rings. The Morgan fingerprint density at radius 3 is 2.14 bits per heavy atom. The lowest BCUT2D eigenvalue weighted by Gasteiger charge is -2.19. The van der Waals surface area contributed by atoms with Crippen LogP contribution in [0.2, 0.25) is 0 Å². The average Bonchev–Trinajstić information content (AvgIpc) is 2.63. The fourth-order valence-electron chi connectivity index (χ4n) is 2.71. The Morgan fingerprint density at radius 1 is 1.00 bits per heavy atom. The summed E-state index contributed by atoms with van der Waals surface area (Å²) < 4.78 is 64.3. The summed E-state index contributed by atoms with van der Waals surface area (Å²) in [5.41, 5.74) is 0.301. The highest BCUT2D eigenvalue weighted by Crippen LogP contribution is 2.23. The predicted molar refractivity (Wildman–Crippen MR) is 109 cm³/mol. The highest BCUT2D eigenvalue weighted by molar-refractivity contribution is 7.90. The van der Waals surface area contributed by atoms with E-state index >= 15 is 0 Å². The highest BCUT2D eigenvalue weighted by Gasteiger charge is 2.24. The molecule has 2 rings (SSSR count). The molecule has 0 atom stereocenters. The molecule has 0 spiro atoms. The van der Waals surface area contributed by atoms with E-state index in [0.29, 0.717) is 5.56 Å². The molecular formula is C19H23FN2O5S2. The standard InChI is InChI=1S/C19H23FN2O5S2/c1-5-22(6-2)29(26,27)15-9-10-17(20)16(11-15)19(23)21-18-12-14(28(4,24)25)8-7-13(18)3/h7-12H,5-6H2,1-4H3,(H,21,23). The van der Waals surface area contributed by atoms with Gasteiger partial charge in [0.05, 0.1) is 15.4 Å². The van der Waals surface area contributed by atoms with Crippen molar-refractivity contribution in [2.24, 2.45) is 0 Å². The van der Waals surface area contributed by atoms with Crippen LogP contribution < -0.4 is 5.32 Å². The molecule has 0 radical (unpaired) electrons. The van der Waals surface area contributed by atoms with Crippen molar-refractivity contribution in [3.05, 3.63) is 53.3 Å². The Hall–Kier alpha value is -2.30. The van der Waals surface area contributed by atoms with Crippen LogP contribution in [0.1, 0.15) is 29.8 Å². The molecular weight excluding hydrogens is 419 g/mol. The van der Waals surface area contributed by atoms with E-state index in [4.69, 9.17) is 0 Å². The Bertz CT molecular complexity index is 1140. The molecule has 0 saturated heterocycles. The smallest absolute Gasteiger partial charge is 0.258 e. The second-order valence-corrected chi connectivity index (χ2v) is 10.4. The van der Waals surface area contributed by atoms with Gasteiger partial charge >= 0.3 is 0 Å². The van der Waals surface area contributed by atoms with E-state index in [1.165, 1.54) is 22.5 Å². The number of hydrogen-bond acceptors (Lipinski definition) is 5. The lowest BCUT2D eigenvalue weighted by molar-refractivity contribution is 0.102. The molecule has 158 valence electrons. The number of aryl methyl sites for hydroxylation is 1. The first-order chi connectivity index (χ1) is 13.4. The molecule has 29 heavy (non-hydrogen) atoms. The number of sulfone groups is 1. The minimum atomic E-state index is -3.87. The summed E-state index contributed by atoms with van der Waals surface area (Å²) in [6.45, 7) is 5.47. The van der Waals surface area contributed by atoms with E-state index in [2.05, 4.69) is 5.32 Å². The first-order valence-electron chi connectivity index (χ1n) is 8.83. The molecule has 0 fully saturated rings. The van der Waals surface area contributed by atoms with Gasteiger partial charge in [0.25, 0.3) is 5.91 Å². The van der Waals surface area contributed by atoms with Crippen molar-refractivity contribution in [2.45, 2.75) is 30.6 Å². The van der Waals surface area contributed by atoms with E-state index in [-0.39, 0.29) is 28.6 Å². The summed E-state index contributed by atoms with van der Waals surface area (Å²) >= 11 is 0. The molecule has 1 amide bonds. The molecule has 0 aliphatic heterocycles. The number of carbonyl (C=O) groups is 1. The van der Waals surface area contributed by atoms with Gasteiger partial charge in [-0.2, -0.15) is 4.31 Å². The summed E-state index contributed by atoms with van der Waals surface area (Å²) in [6, 6.07) is 7.20. The van der Waals surface area contributed by atoms with Crippen LogP contribution in [0, 0.1) is 12.7 Å². The van der Waals surface area contributed by atoms with Gasteiger partial charge in [0, 0.05) is 25.0 Å². The molecule has 0 heterocycles. The van der Waals surface area contributed by atoms with Crippen LogP contribution in [0.25, 0.3) is 0 Å². The van der Waals surface area contributed by atoms with Crippen molar-refractivity contribution in [3.8, 4) is 0 Å². The normalized spacial score (nSPS) is 12.2. The number of nitrogens with one attached hydrogen (secondary N) is 1. The van der Waals surface area contributed by atoms with Crippen molar-refractivity contribution in [3.63, 3.8) is 0 Å². The zero-order chi connectivity index (χ0) is 22.0. The van der Waals surface area contributed by atoms with Gasteiger partial charge < -0.3 is 5.32 Å². The minimum Gasteiger partial charge on any atom is -0.322 e. The third-order valence-corrected chi connectivity index (χ3v) is 7.57. The number of amides is 1. The molecule has 0 saturated carbocycles. The number of rotatable bonds is 7. The van der Waals surface area contributed by atoms with Gasteiger partial charge in [0.2, 0.25) is 10.0 Å². The van der Waals surface area contributed by atoms with Crippen molar-refractivity contribution in [1.29, 1.82) is 0 Å². The van der Waals surface area contributed by atoms with Gasteiger partial charge in [0.1, 0.15) is 5.82 Å². The topological polar surface area (TPSA) is 101 Å². The third kappa shape index (κ3) is 5.01. The van der Waals surface area contributed by atoms with Gasteiger partial charge in [0.15, 0.2) is 9.84 Å². The molecule has 0 bridgehead atoms. The first kappa shape index (κ1) is 23.0. The van der Waals surface area contributed by atoms with Crippen molar-refractivity contribution < 1.29 is 26.0 Å². The van der Waals surface area contributed by atoms with Gasteiger partial charge in [-0.05, 0) is 42.8 Å². The molecule has 10 heteroatoms. The largest absolute Gasteiger partial charge is 0.322 e. The highest BCUT2D eigenvalue weighted by atomic mass is 32.2. The van der Waals surface area contributed by atoms with Crippen molar-refractivity contribution >= 4 is 31.5 Å². The van der Waals surface area contributed by atoms with E-state index in [1.807, 2.05) is 0 Å². The molecule has 7 nitrogen and oxygen atoms in total. The lowest BCUT2D eigenvalue weighted by Crippen LogP contribution is -2.31. The Kier molecular flexibility index (Phi) is 6.82. The van der Waals surface area contributed by atoms with Crippen LogP contribution in [0.4, 0.5) is 10.1 Å². The summed E-state index contributed by atoms with van der Waals surface area (Å²) in [5, 5.41) is 2.46. The van der Waals surface area contributed by atoms with Crippen LogP contribution >= 0.6 is 0 Å². The van der Waals surface area contributed by atoms with Crippen molar-refractivity contribution in [2.75, 3.05) is 24.7 Å². The molecule has 2 aromatic carbocycles. The fourth-order valence-corrected chi connectivity index (χ4v) is 4.84. The minimum absolute atomic E-state index is 0.00302. The number of benzene rings is 2. The lowest BCUT2D eigenvalue weighted by atomic mass is 10.1. The molecule has 0 unspecified atom stereocenters. The van der Waals surface area contributed by atoms with E-state index in [9.17, 15) is 26.0 Å². The van der Waals surface area contributed by atoms with Crippen LogP contribution in [-0.4, -0.2) is 46.4 Å². The number of sulfonamides is 1. The average molecular weight is 443 g/mol. The Morgan fingerprint density at radius 2 is 1.59 bits per heavy atom. The van der Waals surface area contributed by atoms with E-state index in [1.54, 1.807) is 20.8 Å². The maximum atomic E-state index is 14.3. The van der Waals surface area contributed by atoms with Gasteiger partial charge in [-0.1, -0.05) is 19.9 Å². The summed E-state index contributed by atoms with van der Waals surface area (Å²) in [6.07, 6.45) is 1.03. The molecule has 0 aliphatic carbocycles. The van der Waals surface area contributed by atoms with Crippen LogP contribution in [0.15, 0.2) is 46.2 Å². The SMILES string of the molecule is CCN(CC)S(=O)(=O)c1ccc(F)c(C(=O)Nc2cc(S(C)(=O)=O)ccc2C)c1.